The monoisotopic (exact) mass is 514 g/mol. The third-order valence-corrected chi connectivity index (χ3v) is 5.68. The molecule has 0 saturated heterocycles. The Morgan fingerprint density at radius 1 is 0.921 bits per heavy atom. The predicted molar refractivity (Wildman–Crippen MR) is 141 cm³/mol. The number of hydrogen-bond acceptors (Lipinski definition) is 6. The second kappa shape index (κ2) is 11.7. The zero-order valence-corrected chi connectivity index (χ0v) is 20.8. The molecular formula is C28H26N4O6. The average Bonchev–Trinajstić information content (AvgIpc) is 3.40. The summed E-state index contributed by atoms with van der Waals surface area (Å²) >= 11 is 0. The summed E-state index contributed by atoms with van der Waals surface area (Å²) in [7, 11) is 1.51. The van der Waals surface area contributed by atoms with Gasteiger partial charge in [-0.3, -0.25) is 9.59 Å². The zero-order chi connectivity index (χ0) is 27.1. The summed E-state index contributed by atoms with van der Waals surface area (Å²) in [5.74, 6) is -0.142. The van der Waals surface area contributed by atoms with E-state index in [1.54, 1.807) is 55.5 Å². The number of carboxylic acids is 1. The van der Waals surface area contributed by atoms with Crippen LogP contribution >= 0.6 is 0 Å². The van der Waals surface area contributed by atoms with Crippen LogP contribution in [0.15, 0.2) is 89.5 Å². The van der Waals surface area contributed by atoms with Crippen LogP contribution < -0.4 is 15.4 Å². The first-order valence-corrected chi connectivity index (χ1v) is 11.8. The van der Waals surface area contributed by atoms with E-state index < -0.39 is 23.9 Å². The normalized spacial score (nSPS) is 11.3. The van der Waals surface area contributed by atoms with Crippen LogP contribution in [0.5, 0.6) is 11.5 Å². The first-order valence-electron chi connectivity index (χ1n) is 11.8. The van der Waals surface area contributed by atoms with Gasteiger partial charge in [0, 0.05) is 36.1 Å². The molecule has 1 aromatic heterocycles. The molecule has 4 rings (SSSR count). The number of anilines is 2. The lowest BCUT2D eigenvalue weighted by molar-refractivity contribution is -0.137. The number of carboxylic acid groups (broad SMARTS) is 1. The summed E-state index contributed by atoms with van der Waals surface area (Å²) in [5, 5.41) is 18.4. The largest absolute Gasteiger partial charge is 0.481 e. The van der Waals surface area contributed by atoms with Crippen molar-refractivity contribution >= 4 is 29.3 Å². The van der Waals surface area contributed by atoms with Crippen molar-refractivity contribution in [3.8, 4) is 22.8 Å². The van der Waals surface area contributed by atoms with Crippen LogP contribution in [0.25, 0.3) is 11.3 Å². The number of para-hydroxylation sites is 1. The number of aromatic nitrogens is 1. The maximum Gasteiger partial charge on any atom is 0.323 e. The summed E-state index contributed by atoms with van der Waals surface area (Å²) in [6.07, 6.45) is -0.190. The van der Waals surface area contributed by atoms with Gasteiger partial charge in [-0.25, -0.2) is 4.79 Å². The number of ether oxygens (including phenoxy) is 1. The van der Waals surface area contributed by atoms with Crippen molar-refractivity contribution in [2.24, 2.45) is 0 Å². The average molecular weight is 515 g/mol. The Bertz CT molecular complexity index is 1420. The first-order chi connectivity index (χ1) is 18.3. The molecule has 3 N–H and O–H groups in total. The van der Waals surface area contributed by atoms with Crippen molar-refractivity contribution in [3.63, 3.8) is 0 Å². The van der Waals surface area contributed by atoms with E-state index in [1.807, 2.05) is 30.3 Å². The minimum atomic E-state index is -1.00. The molecule has 194 valence electrons. The molecule has 4 aromatic rings. The molecule has 1 atom stereocenters. The lowest BCUT2D eigenvalue weighted by Crippen LogP contribution is -2.36. The lowest BCUT2D eigenvalue weighted by atomic mass is 10.1. The van der Waals surface area contributed by atoms with Gasteiger partial charge in [0.15, 0.2) is 0 Å². The quantitative estimate of drug-likeness (QED) is 0.260. The van der Waals surface area contributed by atoms with Crippen molar-refractivity contribution in [3.05, 3.63) is 90.7 Å². The Morgan fingerprint density at radius 2 is 1.61 bits per heavy atom. The van der Waals surface area contributed by atoms with E-state index in [1.165, 1.54) is 18.0 Å². The van der Waals surface area contributed by atoms with E-state index >= 15 is 0 Å². The minimum Gasteiger partial charge on any atom is -0.481 e. The van der Waals surface area contributed by atoms with Crippen molar-refractivity contribution in [2.75, 3.05) is 17.7 Å². The first kappa shape index (κ1) is 26.0. The highest BCUT2D eigenvalue weighted by atomic mass is 16.5. The van der Waals surface area contributed by atoms with Gasteiger partial charge in [-0.2, -0.15) is 0 Å². The van der Waals surface area contributed by atoms with Gasteiger partial charge in [-0.15, -0.1) is 0 Å². The second-order valence-corrected chi connectivity index (χ2v) is 8.54. The summed E-state index contributed by atoms with van der Waals surface area (Å²) in [5.41, 5.74) is 2.10. The van der Waals surface area contributed by atoms with Crippen molar-refractivity contribution in [2.45, 2.75) is 19.4 Å². The Morgan fingerprint density at radius 3 is 2.32 bits per heavy atom. The van der Waals surface area contributed by atoms with Gasteiger partial charge in [-0.1, -0.05) is 35.5 Å². The SMILES string of the molecule is CC(CC(=O)O)N(C)C(=O)c1cc(-c2cccc(NC(=O)Nc3ccc(Oc4ccccc4)cc3)c2)no1. The van der Waals surface area contributed by atoms with Gasteiger partial charge >= 0.3 is 12.0 Å². The number of benzene rings is 3. The number of nitrogens with one attached hydrogen (secondary N) is 2. The minimum absolute atomic E-state index is 0.0180. The molecule has 3 aromatic carbocycles. The number of carbonyl (C=O) groups is 3. The van der Waals surface area contributed by atoms with E-state index in [0.717, 1.165) is 0 Å². The summed E-state index contributed by atoms with van der Waals surface area (Å²) in [4.78, 5) is 37.4. The molecule has 0 aliphatic rings. The maximum atomic E-state index is 12.6. The number of rotatable bonds is 9. The summed E-state index contributed by atoms with van der Waals surface area (Å²) in [6.45, 7) is 1.64. The van der Waals surface area contributed by atoms with Crippen LogP contribution in [0, 0.1) is 0 Å². The smallest absolute Gasteiger partial charge is 0.323 e. The van der Waals surface area contributed by atoms with E-state index in [2.05, 4.69) is 15.8 Å². The van der Waals surface area contributed by atoms with E-state index in [-0.39, 0.29) is 12.2 Å². The summed E-state index contributed by atoms with van der Waals surface area (Å²) in [6, 6.07) is 23.8. The van der Waals surface area contributed by atoms with Gasteiger partial charge in [0.1, 0.15) is 17.2 Å². The van der Waals surface area contributed by atoms with Gasteiger partial charge in [0.05, 0.1) is 6.42 Å². The highest BCUT2D eigenvalue weighted by Gasteiger charge is 2.23. The molecule has 3 amide bonds. The molecule has 0 saturated carbocycles. The van der Waals surface area contributed by atoms with Crippen molar-refractivity contribution in [1.29, 1.82) is 0 Å². The Labute approximate surface area is 218 Å². The van der Waals surface area contributed by atoms with E-state index in [0.29, 0.717) is 34.1 Å². The maximum absolute atomic E-state index is 12.6. The molecule has 0 bridgehead atoms. The third kappa shape index (κ3) is 6.76. The van der Waals surface area contributed by atoms with Crippen LogP contribution in [0.2, 0.25) is 0 Å². The second-order valence-electron chi connectivity index (χ2n) is 8.54. The molecule has 0 aliphatic heterocycles. The fourth-order valence-corrected chi connectivity index (χ4v) is 3.56. The lowest BCUT2D eigenvalue weighted by Gasteiger charge is -2.22. The van der Waals surface area contributed by atoms with Gasteiger partial charge < -0.3 is 29.9 Å². The van der Waals surface area contributed by atoms with E-state index in [4.69, 9.17) is 14.4 Å². The molecule has 0 spiro atoms. The molecule has 38 heavy (non-hydrogen) atoms. The van der Waals surface area contributed by atoms with E-state index in [9.17, 15) is 14.4 Å². The molecule has 10 heteroatoms. The molecule has 1 heterocycles. The van der Waals surface area contributed by atoms with Gasteiger partial charge in [0.25, 0.3) is 5.91 Å². The predicted octanol–water partition coefficient (Wildman–Crippen LogP) is 5.71. The van der Waals surface area contributed by atoms with Gasteiger partial charge in [0.2, 0.25) is 5.76 Å². The van der Waals surface area contributed by atoms with Crippen LogP contribution in [-0.2, 0) is 4.79 Å². The number of carbonyl (C=O) groups excluding carboxylic acids is 2. The van der Waals surface area contributed by atoms with Crippen LogP contribution in [0.4, 0.5) is 16.2 Å². The van der Waals surface area contributed by atoms with Crippen LogP contribution in [0.3, 0.4) is 0 Å². The highest BCUT2D eigenvalue weighted by Crippen LogP contribution is 2.25. The Kier molecular flexibility index (Phi) is 8.02. The van der Waals surface area contributed by atoms with Crippen molar-refractivity contribution in [1.82, 2.24) is 10.1 Å². The Hall–Kier alpha value is -5.12. The zero-order valence-electron chi connectivity index (χ0n) is 20.8. The molecule has 0 aliphatic carbocycles. The topological polar surface area (TPSA) is 134 Å². The molecule has 1 unspecified atom stereocenters. The third-order valence-electron chi connectivity index (χ3n) is 5.68. The number of aliphatic carboxylic acids is 1. The molecular weight excluding hydrogens is 488 g/mol. The molecule has 0 radical (unpaired) electrons. The fraction of sp³-hybridized carbons (Fsp3) is 0.143. The number of amides is 3. The van der Waals surface area contributed by atoms with Crippen molar-refractivity contribution < 1.29 is 28.8 Å². The van der Waals surface area contributed by atoms with Crippen LogP contribution in [-0.4, -0.2) is 46.2 Å². The van der Waals surface area contributed by atoms with Crippen LogP contribution in [0.1, 0.15) is 23.9 Å². The fourth-order valence-electron chi connectivity index (χ4n) is 3.56. The van der Waals surface area contributed by atoms with Gasteiger partial charge in [-0.05, 0) is 55.5 Å². The highest BCUT2D eigenvalue weighted by molar-refractivity contribution is 6.00. The Balaban J connectivity index is 1.36. The number of nitrogens with zero attached hydrogens (tertiary/aromatic N) is 2. The standard InChI is InChI=1S/C28H26N4O6/c1-18(15-26(33)34)32(2)27(35)25-17-24(31-38-25)19-7-6-8-21(16-19)30-28(36)29-20-11-13-23(14-12-20)37-22-9-4-3-5-10-22/h3-14,16-18H,15H2,1-2H3,(H,33,34)(H2,29,30,36). The number of hydrogen-bond donors (Lipinski definition) is 3. The summed E-state index contributed by atoms with van der Waals surface area (Å²) < 4.78 is 11.0. The molecule has 0 fully saturated rings. The number of urea groups is 1. The molecule has 10 nitrogen and oxygen atoms in total.